The van der Waals surface area contributed by atoms with Crippen molar-refractivity contribution in [2.24, 2.45) is 0 Å². The minimum absolute atomic E-state index is 0.0364. The molecule has 10 heteroatoms. The van der Waals surface area contributed by atoms with Crippen molar-refractivity contribution in [3.63, 3.8) is 0 Å². The molecule has 2 aromatic heterocycles. The summed E-state index contributed by atoms with van der Waals surface area (Å²) in [7, 11) is 0. The molecule has 0 fully saturated rings. The van der Waals surface area contributed by atoms with Crippen molar-refractivity contribution in [3.8, 4) is 11.5 Å². The van der Waals surface area contributed by atoms with Crippen LogP contribution in [0.2, 0.25) is 0 Å². The molecular weight excluding hydrogens is 380 g/mol. The van der Waals surface area contributed by atoms with Gasteiger partial charge in [0.2, 0.25) is 16.9 Å². The highest BCUT2D eigenvalue weighted by Crippen LogP contribution is 2.21. The van der Waals surface area contributed by atoms with E-state index in [1.165, 1.54) is 4.68 Å². The summed E-state index contributed by atoms with van der Waals surface area (Å²) in [5.41, 5.74) is 1.26. The lowest BCUT2D eigenvalue weighted by Crippen LogP contribution is -2.18. The van der Waals surface area contributed by atoms with Crippen molar-refractivity contribution >= 4 is 29.3 Å². The Kier molecular flexibility index (Phi) is 6.22. The van der Waals surface area contributed by atoms with Crippen LogP contribution < -0.4 is 11.2 Å². The van der Waals surface area contributed by atoms with E-state index in [9.17, 15) is 9.59 Å². The summed E-state index contributed by atoms with van der Waals surface area (Å²) in [4.78, 5) is 28.5. The summed E-state index contributed by atoms with van der Waals surface area (Å²) in [5.74, 6) is 5.64. The van der Waals surface area contributed by atoms with Crippen LogP contribution in [-0.2, 0) is 9.53 Å². The number of para-hydroxylation sites is 1. The number of thioether (sulfide) groups is 1. The maximum Gasteiger partial charge on any atom is 0.340 e. The first-order valence-electron chi connectivity index (χ1n) is 8.40. The lowest BCUT2D eigenvalue weighted by molar-refractivity contribution is -0.113. The van der Waals surface area contributed by atoms with Crippen LogP contribution in [0.3, 0.4) is 0 Å². The first kappa shape index (κ1) is 19.4. The Morgan fingerprint density at radius 2 is 1.96 bits per heavy atom. The van der Waals surface area contributed by atoms with Crippen molar-refractivity contribution < 1.29 is 14.3 Å². The van der Waals surface area contributed by atoms with Gasteiger partial charge in [-0.25, -0.2) is 9.47 Å². The average molecular weight is 398 g/mol. The number of nitrogen functional groups attached to an aromatic ring is 1. The van der Waals surface area contributed by atoms with E-state index in [1.54, 1.807) is 49.5 Å². The third kappa shape index (κ3) is 4.46. The lowest BCUT2D eigenvalue weighted by atomic mass is 10.2. The fraction of sp³-hybridized carbons (Fsp3) is 0.167. The maximum atomic E-state index is 12.3. The van der Waals surface area contributed by atoms with E-state index in [2.05, 4.69) is 20.5 Å². The lowest BCUT2D eigenvalue weighted by Gasteiger charge is -2.10. The average Bonchev–Trinajstić information content (AvgIpc) is 3.08. The molecule has 1 amide bonds. The predicted molar refractivity (Wildman–Crippen MR) is 105 cm³/mol. The molecule has 1 aromatic carbocycles. The van der Waals surface area contributed by atoms with Crippen LogP contribution in [0.5, 0.6) is 0 Å². The van der Waals surface area contributed by atoms with E-state index < -0.39 is 5.97 Å². The number of benzene rings is 1. The van der Waals surface area contributed by atoms with Crippen LogP contribution in [0.15, 0.2) is 53.8 Å². The normalized spacial score (nSPS) is 10.5. The Balaban J connectivity index is 1.65. The highest BCUT2D eigenvalue weighted by molar-refractivity contribution is 7.99. The Morgan fingerprint density at radius 3 is 2.71 bits per heavy atom. The van der Waals surface area contributed by atoms with E-state index >= 15 is 0 Å². The number of esters is 1. The summed E-state index contributed by atoms with van der Waals surface area (Å²) in [6, 6.07) is 12.0. The molecule has 0 radical (unpaired) electrons. The number of hydrogen-bond acceptors (Lipinski definition) is 8. The molecule has 0 bridgehead atoms. The molecular formula is C18H18N6O3S. The van der Waals surface area contributed by atoms with E-state index in [0.717, 1.165) is 11.8 Å². The molecule has 144 valence electrons. The number of carbonyl (C=O) groups excluding carboxylic acids is 2. The molecule has 28 heavy (non-hydrogen) atoms. The molecule has 3 N–H and O–H groups in total. The van der Waals surface area contributed by atoms with Gasteiger partial charge in [0.1, 0.15) is 5.69 Å². The molecule has 9 nitrogen and oxygen atoms in total. The monoisotopic (exact) mass is 398 g/mol. The Hall–Kier alpha value is -3.40. The molecule has 0 saturated carbocycles. The van der Waals surface area contributed by atoms with E-state index in [-0.39, 0.29) is 18.3 Å². The van der Waals surface area contributed by atoms with Crippen LogP contribution in [0, 0.1) is 0 Å². The van der Waals surface area contributed by atoms with Gasteiger partial charge in [-0.3, -0.25) is 9.78 Å². The van der Waals surface area contributed by atoms with Gasteiger partial charge in [0.25, 0.3) is 0 Å². The molecule has 0 atom stereocenters. The number of nitrogens with two attached hydrogens (primary N) is 1. The van der Waals surface area contributed by atoms with E-state index in [0.29, 0.717) is 27.9 Å². The topological polar surface area (TPSA) is 125 Å². The van der Waals surface area contributed by atoms with Gasteiger partial charge in [-0.15, -0.1) is 10.2 Å². The molecule has 2 heterocycles. The van der Waals surface area contributed by atoms with Crippen molar-refractivity contribution in [3.05, 3.63) is 54.2 Å². The maximum absolute atomic E-state index is 12.3. The predicted octanol–water partition coefficient (Wildman–Crippen LogP) is 1.96. The standard InChI is InChI=1S/C18H18N6O3S/c1-2-27-17(26)12-7-3-4-8-13(12)21-15(25)11-28-18-23-22-16(24(18)19)14-9-5-6-10-20-14/h3-10H,2,11,19H2,1H3,(H,21,25). The molecule has 0 unspecified atom stereocenters. The third-order valence-corrected chi connectivity index (χ3v) is 4.53. The van der Waals surface area contributed by atoms with Gasteiger partial charge in [0, 0.05) is 6.20 Å². The number of aromatic nitrogens is 4. The van der Waals surface area contributed by atoms with Crippen molar-refractivity contribution in [1.82, 2.24) is 19.9 Å². The van der Waals surface area contributed by atoms with Crippen LogP contribution in [-0.4, -0.2) is 44.1 Å². The molecule has 3 rings (SSSR count). The van der Waals surface area contributed by atoms with Gasteiger partial charge < -0.3 is 15.9 Å². The summed E-state index contributed by atoms with van der Waals surface area (Å²) >= 11 is 1.12. The second-order valence-corrected chi connectivity index (χ2v) is 6.44. The third-order valence-electron chi connectivity index (χ3n) is 3.59. The number of rotatable bonds is 7. The zero-order valence-corrected chi connectivity index (χ0v) is 15.8. The number of nitrogens with zero attached hydrogens (tertiary/aromatic N) is 4. The minimum Gasteiger partial charge on any atom is -0.462 e. The van der Waals surface area contributed by atoms with Gasteiger partial charge in [-0.1, -0.05) is 30.0 Å². The largest absolute Gasteiger partial charge is 0.462 e. The Bertz CT molecular complexity index is 976. The summed E-state index contributed by atoms with van der Waals surface area (Å²) < 4.78 is 6.29. The summed E-state index contributed by atoms with van der Waals surface area (Å²) in [6.45, 7) is 1.97. The first-order chi connectivity index (χ1) is 13.6. The molecule has 0 aliphatic carbocycles. The minimum atomic E-state index is -0.493. The number of nitrogens with one attached hydrogen (secondary N) is 1. The molecule has 0 aliphatic heterocycles. The van der Waals surface area contributed by atoms with Crippen LogP contribution in [0.4, 0.5) is 5.69 Å². The summed E-state index contributed by atoms with van der Waals surface area (Å²) in [5, 5.41) is 11.1. The van der Waals surface area contributed by atoms with E-state index in [4.69, 9.17) is 10.6 Å². The summed E-state index contributed by atoms with van der Waals surface area (Å²) in [6.07, 6.45) is 1.63. The second-order valence-electron chi connectivity index (χ2n) is 5.49. The number of carbonyl (C=O) groups is 2. The number of hydrogen-bond donors (Lipinski definition) is 2. The van der Waals surface area contributed by atoms with Crippen molar-refractivity contribution in [2.75, 3.05) is 23.5 Å². The van der Waals surface area contributed by atoms with Gasteiger partial charge in [-0.05, 0) is 31.2 Å². The van der Waals surface area contributed by atoms with Gasteiger partial charge in [-0.2, -0.15) is 0 Å². The first-order valence-corrected chi connectivity index (χ1v) is 9.39. The molecule has 0 spiro atoms. The highest BCUT2D eigenvalue weighted by atomic mass is 32.2. The van der Waals surface area contributed by atoms with Crippen LogP contribution in [0.25, 0.3) is 11.5 Å². The smallest absolute Gasteiger partial charge is 0.340 e. The van der Waals surface area contributed by atoms with Gasteiger partial charge >= 0.3 is 5.97 Å². The van der Waals surface area contributed by atoms with Gasteiger partial charge in [0.15, 0.2) is 0 Å². The highest BCUT2D eigenvalue weighted by Gasteiger charge is 2.17. The van der Waals surface area contributed by atoms with Crippen molar-refractivity contribution in [2.45, 2.75) is 12.1 Å². The fourth-order valence-electron chi connectivity index (χ4n) is 2.34. The number of anilines is 1. The van der Waals surface area contributed by atoms with Crippen LogP contribution in [0.1, 0.15) is 17.3 Å². The quantitative estimate of drug-likeness (QED) is 0.351. The zero-order valence-electron chi connectivity index (χ0n) is 15.0. The van der Waals surface area contributed by atoms with Crippen LogP contribution >= 0.6 is 11.8 Å². The molecule has 0 saturated heterocycles. The molecule has 0 aliphatic rings. The zero-order chi connectivity index (χ0) is 19.9. The Morgan fingerprint density at radius 1 is 1.18 bits per heavy atom. The van der Waals surface area contributed by atoms with Gasteiger partial charge in [0.05, 0.1) is 23.6 Å². The number of pyridine rings is 1. The van der Waals surface area contributed by atoms with E-state index in [1.807, 2.05) is 6.07 Å². The molecule has 3 aromatic rings. The Labute approximate surface area is 165 Å². The fourth-order valence-corrected chi connectivity index (χ4v) is 3.00. The SMILES string of the molecule is CCOC(=O)c1ccccc1NC(=O)CSc1nnc(-c2ccccn2)n1N. The number of amides is 1. The number of ether oxygens (including phenoxy) is 1. The second kappa shape index (κ2) is 9.00. The van der Waals surface area contributed by atoms with Crippen molar-refractivity contribution in [1.29, 1.82) is 0 Å².